The van der Waals surface area contributed by atoms with Crippen molar-refractivity contribution >= 4 is 15.9 Å². The summed E-state index contributed by atoms with van der Waals surface area (Å²) < 4.78 is 27.1. The van der Waals surface area contributed by atoms with Gasteiger partial charge in [-0.05, 0) is 57.2 Å². The van der Waals surface area contributed by atoms with Gasteiger partial charge in [-0.15, -0.1) is 0 Å². The highest BCUT2D eigenvalue weighted by atomic mass is 32.2. The van der Waals surface area contributed by atoms with E-state index in [4.69, 9.17) is 0 Å². The van der Waals surface area contributed by atoms with Crippen LogP contribution in [0.4, 0.5) is 0 Å². The first-order valence-corrected chi connectivity index (χ1v) is 12.5. The van der Waals surface area contributed by atoms with Gasteiger partial charge in [0.05, 0.1) is 10.8 Å². The predicted octanol–water partition coefficient (Wildman–Crippen LogP) is 2.86. The summed E-state index contributed by atoms with van der Waals surface area (Å²) >= 11 is 0. The van der Waals surface area contributed by atoms with Crippen LogP contribution in [0, 0.1) is 5.92 Å². The van der Waals surface area contributed by atoms with E-state index in [-0.39, 0.29) is 18.4 Å². The van der Waals surface area contributed by atoms with Gasteiger partial charge in [0.15, 0.2) is 0 Å². The zero-order valence-corrected chi connectivity index (χ0v) is 18.4. The molecule has 1 aromatic carbocycles. The maximum absolute atomic E-state index is 12.8. The highest BCUT2D eigenvalue weighted by Crippen LogP contribution is 2.24. The summed E-state index contributed by atoms with van der Waals surface area (Å²) in [4.78, 5) is 15.5. The van der Waals surface area contributed by atoms with E-state index in [1.807, 2.05) is 0 Å². The molecule has 0 saturated carbocycles. The first kappa shape index (κ1) is 22.2. The summed E-state index contributed by atoms with van der Waals surface area (Å²) in [6.07, 6.45) is 7.50. The molecule has 162 valence electrons. The smallest absolute Gasteiger partial charge is 0.243 e. The molecule has 2 saturated heterocycles. The lowest BCUT2D eigenvalue weighted by atomic mass is 9.98. The number of carbonyl (C=O) groups excluding carboxylic acids is 1. The van der Waals surface area contributed by atoms with Crippen molar-refractivity contribution in [2.75, 3.05) is 32.7 Å². The van der Waals surface area contributed by atoms with Gasteiger partial charge in [-0.25, -0.2) is 8.42 Å². The van der Waals surface area contributed by atoms with Crippen LogP contribution < -0.4 is 5.32 Å². The molecule has 0 spiro atoms. The molecule has 3 rings (SSSR count). The summed E-state index contributed by atoms with van der Waals surface area (Å²) in [5.74, 6) is -0.274. The third-order valence-electron chi connectivity index (χ3n) is 6.28. The van der Waals surface area contributed by atoms with E-state index in [1.165, 1.54) is 36.5 Å². The Hall–Kier alpha value is -1.44. The number of nitrogens with zero attached hydrogens (tertiary/aromatic N) is 2. The standard InChI is InChI=1S/C22H35N3O3S/c1-2-20-11-6-7-15-24(20)16-9-14-23-22(26)19-10-8-17-25(18-19)29(27,28)21-12-4-3-5-13-21/h3-5,12-13,19-20H,2,6-11,14-18H2,1H3,(H,23,26)/t19-,20+/m1/s1. The molecular weight excluding hydrogens is 386 g/mol. The molecular formula is C22H35N3O3S. The molecule has 0 unspecified atom stereocenters. The molecule has 0 radical (unpaired) electrons. The van der Waals surface area contributed by atoms with Gasteiger partial charge in [-0.1, -0.05) is 31.5 Å². The van der Waals surface area contributed by atoms with E-state index in [0.717, 1.165) is 25.8 Å². The third kappa shape index (κ3) is 5.80. The van der Waals surface area contributed by atoms with Crippen molar-refractivity contribution < 1.29 is 13.2 Å². The average Bonchev–Trinajstić information content (AvgIpc) is 2.77. The summed E-state index contributed by atoms with van der Waals surface area (Å²) in [6, 6.07) is 9.18. The Morgan fingerprint density at radius 3 is 2.66 bits per heavy atom. The molecule has 0 aliphatic carbocycles. The van der Waals surface area contributed by atoms with Crippen molar-refractivity contribution in [3.8, 4) is 0 Å². The highest BCUT2D eigenvalue weighted by Gasteiger charge is 2.33. The summed E-state index contributed by atoms with van der Waals surface area (Å²) in [7, 11) is -3.53. The molecule has 29 heavy (non-hydrogen) atoms. The Balaban J connectivity index is 1.46. The van der Waals surface area contributed by atoms with Crippen molar-refractivity contribution in [1.29, 1.82) is 0 Å². The van der Waals surface area contributed by atoms with Gasteiger partial charge >= 0.3 is 0 Å². The fraction of sp³-hybridized carbons (Fsp3) is 0.682. The summed E-state index contributed by atoms with van der Waals surface area (Å²) in [6.45, 7) is 5.86. The molecule has 2 aliphatic heterocycles. The lowest BCUT2D eigenvalue weighted by Crippen LogP contribution is -2.46. The predicted molar refractivity (Wildman–Crippen MR) is 115 cm³/mol. The number of benzene rings is 1. The Labute approximate surface area is 175 Å². The number of rotatable bonds is 8. The number of likely N-dealkylation sites (tertiary alicyclic amines) is 1. The Morgan fingerprint density at radius 2 is 1.90 bits per heavy atom. The minimum atomic E-state index is -3.53. The number of carbonyl (C=O) groups is 1. The lowest BCUT2D eigenvalue weighted by Gasteiger charge is -2.35. The van der Waals surface area contributed by atoms with Crippen LogP contribution in [-0.4, -0.2) is 62.3 Å². The van der Waals surface area contributed by atoms with E-state index in [1.54, 1.807) is 30.3 Å². The molecule has 0 bridgehead atoms. The maximum atomic E-state index is 12.8. The first-order chi connectivity index (χ1) is 14.0. The molecule has 7 heteroatoms. The van der Waals surface area contributed by atoms with Gasteiger partial charge in [-0.3, -0.25) is 4.79 Å². The van der Waals surface area contributed by atoms with Gasteiger partial charge in [-0.2, -0.15) is 4.31 Å². The van der Waals surface area contributed by atoms with Gasteiger partial charge in [0, 0.05) is 32.2 Å². The maximum Gasteiger partial charge on any atom is 0.243 e. The Morgan fingerprint density at radius 1 is 1.10 bits per heavy atom. The second-order valence-corrected chi connectivity index (χ2v) is 10.2. The van der Waals surface area contributed by atoms with Crippen molar-refractivity contribution in [3.63, 3.8) is 0 Å². The van der Waals surface area contributed by atoms with Crippen LogP contribution in [0.3, 0.4) is 0 Å². The number of nitrogens with one attached hydrogen (secondary N) is 1. The van der Waals surface area contributed by atoms with Crippen molar-refractivity contribution in [1.82, 2.24) is 14.5 Å². The van der Waals surface area contributed by atoms with Gasteiger partial charge in [0.2, 0.25) is 15.9 Å². The quantitative estimate of drug-likeness (QED) is 0.656. The largest absolute Gasteiger partial charge is 0.356 e. The third-order valence-corrected chi connectivity index (χ3v) is 8.16. The van der Waals surface area contributed by atoms with Crippen LogP contribution >= 0.6 is 0 Å². The van der Waals surface area contributed by atoms with E-state index < -0.39 is 10.0 Å². The second kappa shape index (κ2) is 10.5. The lowest BCUT2D eigenvalue weighted by molar-refractivity contribution is -0.126. The fourth-order valence-electron chi connectivity index (χ4n) is 4.57. The van der Waals surface area contributed by atoms with Crippen LogP contribution in [0.5, 0.6) is 0 Å². The molecule has 2 aliphatic rings. The summed E-state index contributed by atoms with van der Waals surface area (Å²) in [5, 5.41) is 3.05. The Kier molecular flexibility index (Phi) is 8.09. The minimum Gasteiger partial charge on any atom is -0.356 e. The number of sulfonamides is 1. The molecule has 0 aromatic heterocycles. The minimum absolute atomic E-state index is 0.0105. The molecule has 1 N–H and O–H groups in total. The Bertz CT molecular complexity index is 754. The molecule has 2 fully saturated rings. The number of amides is 1. The van der Waals surface area contributed by atoms with Crippen LogP contribution in [-0.2, 0) is 14.8 Å². The van der Waals surface area contributed by atoms with Gasteiger partial charge in [0.1, 0.15) is 0 Å². The monoisotopic (exact) mass is 421 g/mol. The van der Waals surface area contributed by atoms with Crippen molar-refractivity contribution in [2.45, 2.75) is 62.8 Å². The van der Waals surface area contributed by atoms with Gasteiger partial charge < -0.3 is 10.2 Å². The average molecular weight is 422 g/mol. The molecule has 2 heterocycles. The number of piperidine rings is 2. The van der Waals surface area contributed by atoms with Crippen molar-refractivity contribution in [2.24, 2.45) is 5.92 Å². The van der Waals surface area contributed by atoms with E-state index in [2.05, 4.69) is 17.1 Å². The highest BCUT2D eigenvalue weighted by molar-refractivity contribution is 7.89. The zero-order chi connectivity index (χ0) is 20.7. The molecule has 6 nitrogen and oxygen atoms in total. The molecule has 1 aromatic rings. The molecule has 1 amide bonds. The first-order valence-electron chi connectivity index (χ1n) is 11.1. The summed E-state index contributed by atoms with van der Waals surface area (Å²) in [5.41, 5.74) is 0. The van der Waals surface area contributed by atoms with Crippen LogP contribution in [0.15, 0.2) is 35.2 Å². The van der Waals surface area contributed by atoms with E-state index >= 15 is 0 Å². The van der Waals surface area contributed by atoms with Crippen LogP contribution in [0.1, 0.15) is 51.9 Å². The van der Waals surface area contributed by atoms with Crippen LogP contribution in [0.2, 0.25) is 0 Å². The normalized spacial score (nSPS) is 24.3. The van der Waals surface area contributed by atoms with Crippen molar-refractivity contribution in [3.05, 3.63) is 30.3 Å². The second-order valence-electron chi connectivity index (χ2n) is 8.25. The number of hydrogen-bond acceptors (Lipinski definition) is 4. The zero-order valence-electron chi connectivity index (χ0n) is 17.6. The number of hydrogen-bond donors (Lipinski definition) is 1. The topological polar surface area (TPSA) is 69.7 Å². The molecule has 2 atom stereocenters. The van der Waals surface area contributed by atoms with E-state index in [0.29, 0.717) is 24.0 Å². The van der Waals surface area contributed by atoms with Gasteiger partial charge in [0.25, 0.3) is 0 Å². The van der Waals surface area contributed by atoms with Crippen LogP contribution in [0.25, 0.3) is 0 Å². The van der Waals surface area contributed by atoms with E-state index in [9.17, 15) is 13.2 Å². The fourth-order valence-corrected chi connectivity index (χ4v) is 6.12. The SMILES string of the molecule is CC[C@H]1CCCCN1CCCNC(=O)[C@@H]1CCCN(S(=O)(=O)c2ccccc2)C1.